The zero-order valence-corrected chi connectivity index (χ0v) is 16.3. The predicted octanol–water partition coefficient (Wildman–Crippen LogP) is 6.36. The van der Waals surface area contributed by atoms with Crippen LogP contribution in [0.25, 0.3) is 33.2 Å². The molecule has 0 saturated heterocycles. The Labute approximate surface area is 169 Å². The quantitative estimate of drug-likeness (QED) is 0.388. The van der Waals surface area contributed by atoms with Gasteiger partial charge in [0.05, 0.1) is 0 Å². The number of rotatable bonds is 4. The normalized spacial score (nSPS) is 12.8. The highest BCUT2D eigenvalue weighted by atomic mass is 16.3. The molecule has 2 aromatic heterocycles. The highest BCUT2D eigenvalue weighted by Gasteiger charge is 2.15. The van der Waals surface area contributed by atoms with E-state index < -0.39 is 0 Å². The van der Waals surface area contributed by atoms with E-state index in [-0.39, 0.29) is 17.4 Å². The number of hydrogen-bond donors (Lipinski definition) is 0. The molecule has 4 heteroatoms. The van der Waals surface area contributed by atoms with Gasteiger partial charge in [0.2, 0.25) is 5.71 Å². The average molecular weight is 377 g/mol. The molecule has 0 aliphatic carbocycles. The molecule has 4 aromatic rings. The summed E-state index contributed by atoms with van der Waals surface area (Å²) in [4.78, 5) is 4.30. The Morgan fingerprint density at radius 1 is 0.966 bits per heavy atom. The summed E-state index contributed by atoms with van der Waals surface area (Å²) in [6, 6.07) is 22.4. The summed E-state index contributed by atoms with van der Waals surface area (Å²) in [5, 5.41) is 20.1. The zero-order chi connectivity index (χ0) is 20.4. The average Bonchev–Trinajstić information content (AvgIpc) is 3.14. The molecular formula is C25H19N3O. The van der Waals surface area contributed by atoms with Crippen LogP contribution in [0.3, 0.4) is 0 Å². The van der Waals surface area contributed by atoms with Crippen LogP contribution in [0.1, 0.15) is 25.3 Å². The standard InChI is InChI=1S/C25H19N3O/c1-16(11-18(14-26)15-27)17(2)19-5-3-6-20(12-19)21-8-9-22-23-7-4-10-28-25(23)29-24(22)13-21/h3-13,16-17H,1-2H3. The van der Waals surface area contributed by atoms with Gasteiger partial charge in [-0.25, -0.2) is 4.98 Å². The molecule has 0 radical (unpaired) electrons. The lowest BCUT2D eigenvalue weighted by Crippen LogP contribution is -2.04. The van der Waals surface area contributed by atoms with Gasteiger partial charge in [-0.2, -0.15) is 10.5 Å². The highest BCUT2D eigenvalue weighted by molar-refractivity contribution is 6.04. The number of benzene rings is 2. The van der Waals surface area contributed by atoms with Crippen molar-refractivity contribution in [1.82, 2.24) is 4.98 Å². The molecule has 4 rings (SSSR count). The van der Waals surface area contributed by atoms with Gasteiger partial charge in [0, 0.05) is 17.0 Å². The molecule has 2 heterocycles. The Hall–Kier alpha value is -3.89. The van der Waals surface area contributed by atoms with Crippen LogP contribution in [-0.4, -0.2) is 4.98 Å². The van der Waals surface area contributed by atoms with Crippen molar-refractivity contribution in [2.24, 2.45) is 5.92 Å². The van der Waals surface area contributed by atoms with Gasteiger partial charge < -0.3 is 4.42 Å². The molecule has 0 aliphatic heterocycles. The van der Waals surface area contributed by atoms with Gasteiger partial charge >= 0.3 is 0 Å². The van der Waals surface area contributed by atoms with Crippen molar-refractivity contribution in [2.45, 2.75) is 19.8 Å². The molecule has 0 amide bonds. The fourth-order valence-electron chi connectivity index (χ4n) is 3.60. The van der Waals surface area contributed by atoms with Crippen molar-refractivity contribution in [3.63, 3.8) is 0 Å². The Kier molecular flexibility index (Phi) is 4.85. The molecule has 2 aromatic carbocycles. The second-order valence-electron chi connectivity index (χ2n) is 7.25. The fraction of sp³-hybridized carbons (Fsp3) is 0.160. The van der Waals surface area contributed by atoms with Crippen LogP contribution in [0.2, 0.25) is 0 Å². The Balaban J connectivity index is 1.70. The number of allylic oxidation sites excluding steroid dienone is 2. The molecular weight excluding hydrogens is 358 g/mol. The summed E-state index contributed by atoms with van der Waals surface area (Å²) in [5.41, 5.74) is 4.95. The Morgan fingerprint density at radius 2 is 1.76 bits per heavy atom. The second kappa shape index (κ2) is 7.62. The first-order valence-corrected chi connectivity index (χ1v) is 9.50. The van der Waals surface area contributed by atoms with Gasteiger partial charge in [0.25, 0.3) is 0 Å². The maximum absolute atomic E-state index is 9.00. The van der Waals surface area contributed by atoms with Crippen molar-refractivity contribution in [2.75, 3.05) is 0 Å². The summed E-state index contributed by atoms with van der Waals surface area (Å²) < 4.78 is 5.92. The van der Waals surface area contributed by atoms with Crippen molar-refractivity contribution in [3.05, 3.63) is 78.0 Å². The van der Waals surface area contributed by atoms with E-state index in [0.717, 1.165) is 33.0 Å². The number of aromatic nitrogens is 1. The zero-order valence-electron chi connectivity index (χ0n) is 16.3. The van der Waals surface area contributed by atoms with E-state index in [2.05, 4.69) is 42.2 Å². The van der Waals surface area contributed by atoms with Crippen LogP contribution in [0, 0.1) is 28.6 Å². The third-order valence-corrected chi connectivity index (χ3v) is 5.45. The molecule has 29 heavy (non-hydrogen) atoms. The van der Waals surface area contributed by atoms with E-state index in [0.29, 0.717) is 5.71 Å². The smallest absolute Gasteiger partial charge is 0.227 e. The van der Waals surface area contributed by atoms with Crippen molar-refractivity contribution < 1.29 is 4.42 Å². The topological polar surface area (TPSA) is 73.6 Å². The highest BCUT2D eigenvalue weighted by Crippen LogP contribution is 2.33. The first-order valence-electron chi connectivity index (χ1n) is 9.50. The molecule has 4 nitrogen and oxygen atoms in total. The van der Waals surface area contributed by atoms with Gasteiger partial charge in [-0.05, 0) is 52.8 Å². The summed E-state index contributed by atoms with van der Waals surface area (Å²) in [5.74, 6) is 0.245. The Bertz CT molecular complexity index is 1300. The molecule has 0 saturated carbocycles. The molecule has 2 unspecified atom stereocenters. The molecule has 0 aliphatic rings. The van der Waals surface area contributed by atoms with Gasteiger partial charge in [-0.1, -0.05) is 50.3 Å². The summed E-state index contributed by atoms with van der Waals surface area (Å²) >= 11 is 0. The van der Waals surface area contributed by atoms with E-state index >= 15 is 0 Å². The van der Waals surface area contributed by atoms with Gasteiger partial charge in [0.15, 0.2) is 0 Å². The fourth-order valence-corrected chi connectivity index (χ4v) is 3.60. The minimum absolute atomic E-state index is 0.0727. The lowest BCUT2D eigenvalue weighted by molar-refractivity contribution is 0.590. The van der Waals surface area contributed by atoms with E-state index in [1.165, 1.54) is 0 Å². The van der Waals surface area contributed by atoms with Gasteiger partial charge in [-0.15, -0.1) is 0 Å². The maximum atomic E-state index is 9.00. The number of hydrogen-bond acceptors (Lipinski definition) is 4. The predicted molar refractivity (Wildman–Crippen MR) is 114 cm³/mol. The molecule has 2 atom stereocenters. The van der Waals surface area contributed by atoms with Gasteiger partial charge in [0.1, 0.15) is 23.3 Å². The molecule has 0 N–H and O–H groups in total. The van der Waals surface area contributed by atoms with Crippen LogP contribution in [-0.2, 0) is 0 Å². The molecule has 0 bridgehead atoms. The monoisotopic (exact) mass is 377 g/mol. The molecule has 0 fully saturated rings. The lowest BCUT2D eigenvalue weighted by atomic mass is 9.86. The van der Waals surface area contributed by atoms with Crippen LogP contribution in [0.4, 0.5) is 0 Å². The van der Waals surface area contributed by atoms with Crippen molar-refractivity contribution >= 4 is 22.1 Å². The SMILES string of the molecule is CC(C=C(C#N)C#N)C(C)c1cccc(-c2ccc3c(c2)oc2ncccc23)c1. The lowest BCUT2D eigenvalue weighted by Gasteiger charge is -2.18. The number of nitrogens with zero attached hydrogens (tertiary/aromatic N) is 3. The summed E-state index contributed by atoms with van der Waals surface area (Å²) in [7, 11) is 0. The van der Waals surface area contributed by atoms with Crippen LogP contribution in [0.5, 0.6) is 0 Å². The van der Waals surface area contributed by atoms with Crippen LogP contribution >= 0.6 is 0 Å². The third-order valence-electron chi connectivity index (χ3n) is 5.45. The maximum Gasteiger partial charge on any atom is 0.227 e. The van der Waals surface area contributed by atoms with Crippen LogP contribution < -0.4 is 0 Å². The van der Waals surface area contributed by atoms with Crippen molar-refractivity contribution in [1.29, 1.82) is 10.5 Å². The van der Waals surface area contributed by atoms with E-state index in [9.17, 15) is 0 Å². The first-order chi connectivity index (χ1) is 14.1. The van der Waals surface area contributed by atoms with E-state index in [1.54, 1.807) is 12.3 Å². The summed E-state index contributed by atoms with van der Waals surface area (Å²) in [6.07, 6.45) is 3.47. The largest absolute Gasteiger partial charge is 0.438 e. The number of furan rings is 1. The van der Waals surface area contributed by atoms with Crippen LogP contribution in [0.15, 0.2) is 76.9 Å². The number of pyridine rings is 1. The second-order valence-corrected chi connectivity index (χ2v) is 7.25. The minimum atomic E-state index is 0.0727. The van der Waals surface area contributed by atoms with E-state index in [1.807, 2.05) is 43.3 Å². The molecule has 140 valence electrons. The van der Waals surface area contributed by atoms with E-state index in [4.69, 9.17) is 14.9 Å². The minimum Gasteiger partial charge on any atom is -0.438 e. The third kappa shape index (κ3) is 3.49. The summed E-state index contributed by atoms with van der Waals surface area (Å²) in [6.45, 7) is 4.14. The Morgan fingerprint density at radius 3 is 2.55 bits per heavy atom. The number of fused-ring (bicyclic) bond motifs is 3. The molecule has 0 spiro atoms. The van der Waals surface area contributed by atoms with Crippen molar-refractivity contribution in [3.8, 4) is 23.3 Å². The number of nitriles is 2. The first kappa shape index (κ1) is 18.5. The van der Waals surface area contributed by atoms with Gasteiger partial charge in [-0.3, -0.25) is 0 Å².